The molecular weight excluding hydrogens is 695 g/mol. The minimum atomic E-state index is -4.04. The van der Waals surface area contributed by atoms with Gasteiger partial charge in [0.1, 0.15) is 6.61 Å². The predicted molar refractivity (Wildman–Crippen MR) is 203 cm³/mol. The van der Waals surface area contributed by atoms with E-state index < -0.39 is 24.4 Å². The number of carbonyl (C=O) groups excluding carboxylic acids is 1. The van der Waals surface area contributed by atoms with Crippen molar-refractivity contribution in [1.29, 1.82) is 0 Å². The zero-order valence-electron chi connectivity index (χ0n) is 30.9. The molecular formula is C40H49N4O8P. The molecule has 0 spiro atoms. The fourth-order valence-corrected chi connectivity index (χ4v) is 9.63. The summed E-state index contributed by atoms with van der Waals surface area (Å²) in [5.74, 6) is -1.62. The first-order chi connectivity index (χ1) is 25.5. The summed E-state index contributed by atoms with van der Waals surface area (Å²) in [6.45, 7) is 11.7. The number of hydrogen-bond acceptors (Lipinski definition) is 11. The largest absolute Gasteiger partial charge is 0.460 e. The number of ether oxygens (including phenoxy) is 2. The highest BCUT2D eigenvalue weighted by Crippen LogP contribution is 2.67. The molecule has 282 valence electrons. The lowest BCUT2D eigenvalue weighted by molar-refractivity contribution is -0.384. The lowest BCUT2D eigenvalue weighted by Crippen LogP contribution is -2.51. The van der Waals surface area contributed by atoms with E-state index >= 15 is 4.57 Å². The smallest absolute Gasteiger partial charge is 0.360 e. The molecule has 12 nitrogen and oxygen atoms in total. The number of nitro groups is 1. The fraction of sp³-hybridized carbons (Fsp3) is 0.425. The van der Waals surface area contributed by atoms with E-state index in [2.05, 4.69) is 28.9 Å². The Hall–Kier alpha value is -4.32. The molecule has 2 atom stereocenters. The van der Waals surface area contributed by atoms with E-state index in [1.165, 1.54) is 12.1 Å². The van der Waals surface area contributed by atoms with E-state index in [4.69, 9.17) is 18.5 Å². The number of carbonyl (C=O) groups is 1. The Morgan fingerprint density at radius 3 is 2.32 bits per heavy atom. The summed E-state index contributed by atoms with van der Waals surface area (Å²) in [7, 11) is -4.04. The second-order valence-electron chi connectivity index (χ2n) is 14.4. The van der Waals surface area contributed by atoms with Gasteiger partial charge in [0.25, 0.3) is 5.69 Å². The molecule has 3 aliphatic rings. The van der Waals surface area contributed by atoms with Crippen LogP contribution in [0.4, 0.5) is 11.4 Å². The van der Waals surface area contributed by atoms with Gasteiger partial charge in [-0.25, -0.2) is 4.79 Å². The summed E-state index contributed by atoms with van der Waals surface area (Å²) in [4.78, 5) is 32.5. The summed E-state index contributed by atoms with van der Waals surface area (Å²) in [5, 5.41) is 12.3. The van der Waals surface area contributed by atoms with Crippen LogP contribution >= 0.6 is 7.60 Å². The van der Waals surface area contributed by atoms with Gasteiger partial charge in [-0.1, -0.05) is 81.4 Å². The number of nitro benzene ring substituents is 1. The van der Waals surface area contributed by atoms with Crippen LogP contribution in [-0.2, 0) is 34.4 Å². The Labute approximate surface area is 311 Å². The summed E-state index contributed by atoms with van der Waals surface area (Å²) in [5.41, 5.74) is 2.77. The maximum Gasteiger partial charge on any atom is 0.360 e. The van der Waals surface area contributed by atoms with Crippen LogP contribution in [0, 0.1) is 15.5 Å². The predicted octanol–water partition coefficient (Wildman–Crippen LogP) is 7.69. The molecule has 3 aromatic rings. The molecule has 3 aliphatic heterocycles. The topological polar surface area (TPSA) is 124 Å². The van der Waals surface area contributed by atoms with Crippen molar-refractivity contribution in [3.05, 3.63) is 129 Å². The number of allylic oxidation sites excluding steroid dienone is 2. The second-order valence-corrected chi connectivity index (χ2v) is 16.4. The molecule has 0 N–H and O–H groups in total. The van der Waals surface area contributed by atoms with Crippen LogP contribution < -0.4 is 4.90 Å². The quantitative estimate of drug-likeness (QED) is 0.0741. The summed E-state index contributed by atoms with van der Waals surface area (Å²) < 4.78 is 39.1. The molecule has 0 bridgehead atoms. The van der Waals surface area contributed by atoms with Gasteiger partial charge in [-0.2, -0.15) is 0 Å². The van der Waals surface area contributed by atoms with Gasteiger partial charge in [-0.05, 0) is 36.6 Å². The SMILES string of the molecule is CCC(N1CCOCC1)N1C=C(C(=O)OCCN(Cc2ccccc2)c2ccccc2)C(c2cccc([N+](=O)[O-])c2)C(P2(=O)OCC(C)(C)CO2)=C1C. The Morgan fingerprint density at radius 1 is 1.02 bits per heavy atom. The van der Waals surface area contributed by atoms with Gasteiger partial charge in [-0.3, -0.25) is 19.6 Å². The minimum Gasteiger partial charge on any atom is -0.460 e. The number of hydrogen-bond donors (Lipinski definition) is 0. The van der Waals surface area contributed by atoms with Crippen LogP contribution in [-0.4, -0.2) is 79.5 Å². The lowest BCUT2D eigenvalue weighted by atomic mass is 9.87. The van der Waals surface area contributed by atoms with Crippen molar-refractivity contribution in [3.63, 3.8) is 0 Å². The minimum absolute atomic E-state index is 0.0527. The molecule has 6 rings (SSSR count). The van der Waals surface area contributed by atoms with Gasteiger partial charge < -0.3 is 28.3 Å². The molecule has 0 aliphatic carbocycles. The van der Waals surface area contributed by atoms with Gasteiger partial charge in [0.15, 0.2) is 0 Å². The van der Waals surface area contributed by atoms with E-state index in [0.29, 0.717) is 57.1 Å². The third-order valence-corrected chi connectivity index (χ3v) is 12.0. The Kier molecular flexibility index (Phi) is 12.2. The highest BCUT2D eigenvalue weighted by Gasteiger charge is 2.49. The molecule has 3 aromatic carbocycles. The molecule has 2 fully saturated rings. The van der Waals surface area contributed by atoms with E-state index in [1.54, 1.807) is 18.3 Å². The van der Waals surface area contributed by atoms with Crippen LogP contribution in [0.2, 0.25) is 0 Å². The Bertz CT molecular complexity index is 1850. The van der Waals surface area contributed by atoms with Crippen LogP contribution in [0.25, 0.3) is 0 Å². The van der Waals surface area contributed by atoms with E-state index in [0.717, 1.165) is 11.3 Å². The van der Waals surface area contributed by atoms with Crippen molar-refractivity contribution in [3.8, 4) is 0 Å². The molecule has 0 saturated carbocycles. The van der Waals surface area contributed by atoms with E-state index in [-0.39, 0.29) is 48.0 Å². The van der Waals surface area contributed by atoms with Crippen LogP contribution in [0.5, 0.6) is 0 Å². The number of anilines is 1. The first kappa shape index (κ1) is 38.4. The lowest BCUT2D eigenvalue weighted by Gasteiger charge is -2.46. The second kappa shape index (κ2) is 16.8. The van der Waals surface area contributed by atoms with Crippen LogP contribution in [0.3, 0.4) is 0 Å². The zero-order valence-corrected chi connectivity index (χ0v) is 31.8. The molecule has 13 heteroatoms. The van der Waals surface area contributed by atoms with Crippen molar-refractivity contribution >= 4 is 24.9 Å². The Morgan fingerprint density at radius 2 is 1.68 bits per heavy atom. The van der Waals surface area contributed by atoms with Crippen molar-refractivity contribution in [1.82, 2.24) is 9.80 Å². The zero-order chi connectivity index (χ0) is 37.6. The third-order valence-electron chi connectivity index (χ3n) is 9.90. The average molecular weight is 745 g/mol. The van der Waals surface area contributed by atoms with Gasteiger partial charge >= 0.3 is 13.6 Å². The maximum absolute atomic E-state index is 15.0. The maximum atomic E-state index is 15.0. The first-order valence-electron chi connectivity index (χ1n) is 18.2. The van der Waals surface area contributed by atoms with E-state index in [9.17, 15) is 14.9 Å². The number of para-hydroxylation sites is 1. The van der Waals surface area contributed by atoms with Crippen molar-refractivity contribution in [2.24, 2.45) is 5.41 Å². The van der Waals surface area contributed by atoms with Crippen LogP contribution in [0.1, 0.15) is 51.2 Å². The molecule has 0 aromatic heterocycles. The summed E-state index contributed by atoms with van der Waals surface area (Å²) in [6.07, 6.45) is 2.23. The van der Waals surface area contributed by atoms with Gasteiger partial charge in [0, 0.05) is 54.8 Å². The fourth-order valence-electron chi connectivity index (χ4n) is 7.12. The summed E-state index contributed by atoms with van der Waals surface area (Å²) >= 11 is 0. The average Bonchev–Trinajstić information content (AvgIpc) is 3.17. The molecule has 0 radical (unpaired) electrons. The monoisotopic (exact) mass is 744 g/mol. The normalized spacial score (nSPS) is 20.7. The molecule has 2 unspecified atom stereocenters. The summed E-state index contributed by atoms with van der Waals surface area (Å²) in [6, 6.07) is 26.1. The standard InChI is InChI=1S/C40H49N4O8P/c1-5-36(41-19-22-49-23-20-41)43-27-35(39(45)50-24-21-42(33-16-10-7-11-17-33)26-31-13-8-6-9-14-31)37(32-15-12-18-34(25-32)44(46)47)38(30(43)2)53(48)51-28-40(3,4)29-52-53/h6-18,25,27,36-37H,5,19-24,26,28-29H2,1-4H3. The van der Waals surface area contributed by atoms with E-state index in [1.807, 2.05) is 74.2 Å². The van der Waals surface area contributed by atoms with Gasteiger partial charge in [0.2, 0.25) is 0 Å². The third kappa shape index (κ3) is 8.91. The van der Waals surface area contributed by atoms with Crippen molar-refractivity contribution in [2.75, 3.05) is 57.6 Å². The van der Waals surface area contributed by atoms with Crippen LogP contribution in [0.15, 0.2) is 108 Å². The number of non-ortho nitro benzene ring substituents is 1. The number of benzene rings is 3. The molecule has 0 amide bonds. The van der Waals surface area contributed by atoms with Gasteiger partial charge in [0.05, 0.1) is 60.9 Å². The van der Waals surface area contributed by atoms with Gasteiger partial charge in [-0.15, -0.1) is 0 Å². The van der Waals surface area contributed by atoms with Crippen molar-refractivity contribution < 1.29 is 32.8 Å². The molecule has 3 heterocycles. The Balaban J connectivity index is 1.39. The highest BCUT2D eigenvalue weighted by atomic mass is 31.2. The number of nitrogens with zero attached hydrogens (tertiary/aromatic N) is 4. The molecule has 53 heavy (non-hydrogen) atoms. The van der Waals surface area contributed by atoms with Crippen molar-refractivity contribution in [2.45, 2.75) is 52.7 Å². The molecule has 2 saturated heterocycles. The number of rotatable bonds is 13. The number of morpholine rings is 1. The highest BCUT2D eigenvalue weighted by molar-refractivity contribution is 7.58. The number of esters is 1. The first-order valence-corrected chi connectivity index (χ1v) is 19.7.